The number of rotatable bonds is 7. The van der Waals surface area contributed by atoms with E-state index in [-0.39, 0.29) is 53.2 Å². The highest BCUT2D eigenvalue weighted by Gasteiger charge is 2.27. The zero-order valence-electron chi connectivity index (χ0n) is 13.8. The number of benzene rings is 1. The number of nitrogens with one attached hydrogen (secondary N) is 1. The maximum absolute atomic E-state index is 14.8. The summed E-state index contributed by atoms with van der Waals surface area (Å²) in [6, 6.07) is 4.40. The van der Waals surface area contributed by atoms with Gasteiger partial charge in [0.25, 0.3) is 10.0 Å². The molecule has 0 fully saturated rings. The van der Waals surface area contributed by atoms with Crippen LogP contribution in [-0.2, 0) is 26.0 Å². The number of halogens is 1. The Kier molecular flexibility index (Phi) is 5.33. The van der Waals surface area contributed by atoms with Crippen LogP contribution in [0.2, 0.25) is 0 Å². The van der Waals surface area contributed by atoms with E-state index in [0.29, 0.717) is 0 Å². The molecule has 7 nitrogen and oxygen atoms in total. The van der Waals surface area contributed by atoms with Crippen molar-refractivity contribution < 1.29 is 31.8 Å². The van der Waals surface area contributed by atoms with Gasteiger partial charge in [0.1, 0.15) is 4.21 Å². The first-order valence-corrected chi connectivity index (χ1v) is 10.1. The smallest absolute Gasteiger partial charge is 0.306 e. The molecule has 1 aromatic heterocycles. The van der Waals surface area contributed by atoms with Gasteiger partial charge in [-0.15, -0.1) is 11.3 Å². The van der Waals surface area contributed by atoms with Crippen molar-refractivity contribution in [2.45, 2.75) is 24.0 Å². The summed E-state index contributed by atoms with van der Waals surface area (Å²) in [5.74, 6) is -1.25. The summed E-state index contributed by atoms with van der Waals surface area (Å²) in [5, 5.41) is 1.62. The van der Waals surface area contributed by atoms with E-state index in [9.17, 15) is 17.6 Å². The van der Waals surface area contributed by atoms with Crippen molar-refractivity contribution in [2.24, 2.45) is 0 Å². The van der Waals surface area contributed by atoms with Crippen LogP contribution in [0.3, 0.4) is 0 Å². The number of hydrogen-bond donors (Lipinski definition) is 1. The number of carbonyl (C=O) groups excluding carboxylic acids is 1. The van der Waals surface area contributed by atoms with E-state index in [4.69, 9.17) is 14.2 Å². The van der Waals surface area contributed by atoms with Crippen LogP contribution in [0.25, 0.3) is 0 Å². The van der Waals surface area contributed by atoms with Gasteiger partial charge in [0.2, 0.25) is 12.5 Å². The molecule has 0 saturated carbocycles. The summed E-state index contributed by atoms with van der Waals surface area (Å²) >= 11 is 1.04. The van der Waals surface area contributed by atoms with Crippen LogP contribution < -0.4 is 14.2 Å². The largest absolute Gasteiger partial charge is 0.466 e. The molecule has 26 heavy (non-hydrogen) atoms. The van der Waals surface area contributed by atoms with E-state index in [2.05, 4.69) is 4.72 Å². The van der Waals surface area contributed by atoms with Crippen LogP contribution in [-0.4, -0.2) is 27.8 Å². The average molecular weight is 401 g/mol. The number of thiophene rings is 1. The Morgan fingerprint density at radius 1 is 1.42 bits per heavy atom. The minimum Gasteiger partial charge on any atom is -0.466 e. The van der Waals surface area contributed by atoms with Crippen molar-refractivity contribution in [1.82, 2.24) is 0 Å². The van der Waals surface area contributed by atoms with E-state index in [0.717, 1.165) is 11.3 Å². The van der Waals surface area contributed by atoms with Crippen LogP contribution in [0.4, 0.5) is 10.1 Å². The van der Waals surface area contributed by atoms with Crippen molar-refractivity contribution in [3.8, 4) is 11.5 Å². The van der Waals surface area contributed by atoms with Crippen molar-refractivity contribution in [1.29, 1.82) is 0 Å². The topological polar surface area (TPSA) is 90.9 Å². The minimum atomic E-state index is -3.89. The highest BCUT2D eigenvalue weighted by Crippen LogP contribution is 2.41. The molecule has 140 valence electrons. The van der Waals surface area contributed by atoms with E-state index >= 15 is 0 Å². The van der Waals surface area contributed by atoms with E-state index in [1.165, 1.54) is 12.1 Å². The van der Waals surface area contributed by atoms with E-state index < -0.39 is 21.8 Å². The lowest BCUT2D eigenvalue weighted by atomic mass is 10.1. The van der Waals surface area contributed by atoms with Gasteiger partial charge < -0.3 is 14.2 Å². The van der Waals surface area contributed by atoms with E-state index in [1.54, 1.807) is 18.4 Å². The number of sulfonamides is 1. The third kappa shape index (κ3) is 3.75. The Bertz CT molecular complexity index is 911. The molecule has 0 spiro atoms. The highest BCUT2D eigenvalue weighted by atomic mass is 32.2. The molecule has 2 heterocycles. The fourth-order valence-electron chi connectivity index (χ4n) is 2.45. The lowest BCUT2D eigenvalue weighted by Gasteiger charge is -2.14. The molecule has 0 aliphatic carbocycles. The highest BCUT2D eigenvalue weighted by molar-refractivity contribution is 7.94. The maximum Gasteiger partial charge on any atom is 0.306 e. The number of hydrogen-bond acceptors (Lipinski definition) is 7. The van der Waals surface area contributed by atoms with Gasteiger partial charge in [-0.25, -0.2) is 12.8 Å². The van der Waals surface area contributed by atoms with E-state index in [1.807, 2.05) is 0 Å². The minimum absolute atomic E-state index is 0.00412. The number of anilines is 1. The van der Waals surface area contributed by atoms with Gasteiger partial charge >= 0.3 is 5.97 Å². The second-order valence-corrected chi connectivity index (χ2v) is 8.15. The average Bonchev–Trinajstić information content (AvgIpc) is 3.26. The SMILES string of the molecule is CCOC(=O)CCc1c(NS(=O)(=O)c2cccs2)cc2c(c1F)OCO2. The molecule has 1 aromatic carbocycles. The van der Waals surface area contributed by atoms with Gasteiger partial charge in [0, 0.05) is 18.1 Å². The first kappa shape index (κ1) is 18.5. The zero-order valence-corrected chi connectivity index (χ0v) is 15.4. The van der Waals surface area contributed by atoms with Crippen molar-refractivity contribution in [2.75, 3.05) is 18.1 Å². The Balaban J connectivity index is 1.95. The Morgan fingerprint density at radius 2 is 2.23 bits per heavy atom. The maximum atomic E-state index is 14.8. The summed E-state index contributed by atoms with van der Waals surface area (Å²) in [4.78, 5) is 11.6. The normalized spacial score (nSPS) is 12.8. The fourth-order valence-corrected chi connectivity index (χ4v) is 4.52. The standard InChI is InChI=1S/C16H16FNO6S2/c1-2-22-13(19)6-5-10-11(8-12-16(15(10)17)24-9-23-12)18-26(20,21)14-4-3-7-25-14/h3-4,7-8,18H,2,5-6,9H2,1H3. The number of esters is 1. The van der Waals surface area contributed by atoms with Gasteiger partial charge in [0.15, 0.2) is 11.6 Å². The summed E-state index contributed by atoms with van der Waals surface area (Å²) in [6.07, 6.45) is -0.151. The first-order valence-electron chi connectivity index (χ1n) is 7.75. The van der Waals surface area contributed by atoms with Gasteiger partial charge in [-0.1, -0.05) is 6.07 Å². The quantitative estimate of drug-likeness (QED) is 0.718. The van der Waals surface area contributed by atoms with Gasteiger partial charge in [-0.2, -0.15) is 0 Å². The summed E-state index contributed by atoms with van der Waals surface area (Å²) in [7, 11) is -3.89. The fraction of sp³-hybridized carbons (Fsp3) is 0.312. The molecule has 1 aliphatic heterocycles. The molecule has 0 amide bonds. The van der Waals surface area contributed by atoms with Crippen molar-refractivity contribution in [3.05, 3.63) is 35.0 Å². The number of fused-ring (bicyclic) bond motifs is 1. The second-order valence-electron chi connectivity index (χ2n) is 5.29. The van der Waals surface area contributed by atoms with Crippen LogP contribution in [0, 0.1) is 5.82 Å². The predicted octanol–water partition coefficient (Wildman–Crippen LogP) is 2.91. The van der Waals surface area contributed by atoms with Crippen LogP contribution in [0.5, 0.6) is 11.5 Å². The molecule has 1 aliphatic rings. The van der Waals surface area contributed by atoms with Gasteiger partial charge in [-0.05, 0) is 24.8 Å². The number of carbonyl (C=O) groups is 1. The summed E-state index contributed by atoms with van der Waals surface area (Å²) in [6.45, 7) is 1.71. The third-order valence-electron chi connectivity index (χ3n) is 3.60. The molecule has 0 radical (unpaired) electrons. The molecule has 3 rings (SSSR count). The molecule has 0 bridgehead atoms. The van der Waals surface area contributed by atoms with Crippen LogP contribution in [0.1, 0.15) is 18.9 Å². The summed E-state index contributed by atoms with van der Waals surface area (Å²) in [5.41, 5.74) is 0.0203. The molecule has 0 atom stereocenters. The summed E-state index contributed by atoms with van der Waals surface area (Å²) < 4.78 is 57.3. The monoisotopic (exact) mass is 401 g/mol. The second kappa shape index (κ2) is 7.50. The molecule has 1 N–H and O–H groups in total. The molecule has 2 aromatic rings. The Morgan fingerprint density at radius 3 is 2.92 bits per heavy atom. The Labute approximate surface area is 153 Å². The van der Waals surface area contributed by atoms with Crippen LogP contribution in [0.15, 0.2) is 27.8 Å². The molecule has 10 heteroatoms. The van der Waals surface area contributed by atoms with Crippen molar-refractivity contribution >= 4 is 33.0 Å². The molecule has 0 unspecified atom stereocenters. The zero-order chi connectivity index (χ0) is 18.7. The molecular formula is C16H16FNO6S2. The van der Waals surface area contributed by atoms with Crippen LogP contribution >= 0.6 is 11.3 Å². The third-order valence-corrected chi connectivity index (χ3v) is 6.36. The van der Waals surface area contributed by atoms with Gasteiger partial charge in [-0.3, -0.25) is 9.52 Å². The lowest BCUT2D eigenvalue weighted by Crippen LogP contribution is -2.15. The van der Waals surface area contributed by atoms with Gasteiger partial charge in [0.05, 0.1) is 12.3 Å². The number of ether oxygens (including phenoxy) is 3. The molecule has 0 saturated heterocycles. The predicted molar refractivity (Wildman–Crippen MR) is 92.6 cm³/mol. The lowest BCUT2D eigenvalue weighted by molar-refractivity contribution is -0.143. The van der Waals surface area contributed by atoms with Crippen molar-refractivity contribution in [3.63, 3.8) is 0 Å². The Hall–Kier alpha value is -2.33. The molecular weight excluding hydrogens is 385 g/mol. The first-order chi connectivity index (χ1) is 12.4.